The second-order valence-corrected chi connectivity index (χ2v) is 4.07. The maximum atomic E-state index is 2.50. The van der Waals surface area contributed by atoms with Gasteiger partial charge in [-0.3, -0.25) is 0 Å². The van der Waals surface area contributed by atoms with Crippen molar-refractivity contribution >= 4 is 22.9 Å². The summed E-state index contributed by atoms with van der Waals surface area (Å²) in [5.74, 6) is 0. The van der Waals surface area contributed by atoms with Crippen molar-refractivity contribution in [3.05, 3.63) is 11.9 Å². The highest BCUT2D eigenvalue weighted by atomic mass is 127. The molecule has 0 aromatic carbocycles. The molecule has 1 fully saturated rings. The second kappa shape index (κ2) is 2.60. The number of hydrogen-bond acceptors (Lipinski definition) is 2. The first-order valence-corrected chi connectivity index (χ1v) is 4.71. The largest absolute Gasteiger partial charge is 0.372 e. The first-order chi connectivity index (χ1) is 4.86. The van der Waals surface area contributed by atoms with Crippen LogP contribution in [0.3, 0.4) is 0 Å². The second-order valence-electron chi connectivity index (χ2n) is 2.83. The molecule has 56 valence electrons. The monoisotopic (exact) mass is 250 g/mol. The lowest BCUT2D eigenvalue weighted by Crippen LogP contribution is -2.31. The van der Waals surface area contributed by atoms with Gasteiger partial charge in [-0.05, 0) is 12.8 Å². The molecule has 3 heteroatoms. The lowest BCUT2D eigenvalue weighted by atomic mass is 10.3. The average molecular weight is 250 g/mol. The van der Waals surface area contributed by atoms with E-state index in [-0.39, 0.29) is 0 Å². The van der Waals surface area contributed by atoms with Crippen molar-refractivity contribution in [1.29, 1.82) is 0 Å². The van der Waals surface area contributed by atoms with Crippen molar-refractivity contribution in [2.24, 2.45) is 0 Å². The van der Waals surface area contributed by atoms with E-state index in [0.717, 1.165) is 0 Å². The van der Waals surface area contributed by atoms with Crippen molar-refractivity contribution in [3.8, 4) is 0 Å². The molecule has 2 aliphatic heterocycles. The minimum absolute atomic E-state index is 1.18. The molecule has 0 spiro atoms. The maximum absolute atomic E-state index is 2.50. The summed E-state index contributed by atoms with van der Waals surface area (Å²) in [6.07, 6.45) is 4.92. The predicted molar refractivity (Wildman–Crippen MR) is 49.6 cm³/mol. The summed E-state index contributed by atoms with van der Waals surface area (Å²) in [6.45, 7) is 3.70. The molecular formula is C7H11IN2. The maximum Gasteiger partial charge on any atom is 0.0587 e. The van der Waals surface area contributed by atoms with Crippen LogP contribution in [0, 0.1) is 0 Å². The van der Waals surface area contributed by atoms with Gasteiger partial charge in [0.15, 0.2) is 0 Å². The molecule has 2 heterocycles. The van der Waals surface area contributed by atoms with E-state index in [0.29, 0.717) is 0 Å². The quantitative estimate of drug-likeness (QED) is 0.476. The smallest absolute Gasteiger partial charge is 0.0587 e. The Morgan fingerprint density at radius 2 is 2.20 bits per heavy atom. The first kappa shape index (κ1) is 6.76. The van der Waals surface area contributed by atoms with Crippen LogP contribution in [0.15, 0.2) is 11.9 Å². The molecule has 1 saturated heterocycles. The van der Waals surface area contributed by atoms with Crippen LogP contribution in [0.2, 0.25) is 0 Å². The number of halogens is 1. The molecule has 2 nitrogen and oxygen atoms in total. The van der Waals surface area contributed by atoms with E-state index in [1.165, 1.54) is 32.5 Å². The van der Waals surface area contributed by atoms with E-state index in [1.54, 1.807) is 5.70 Å². The molecule has 2 aliphatic rings. The van der Waals surface area contributed by atoms with Gasteiger partial charge < -0.3 is 8.01 Å². The van der Waals surface area contributed by atoms with Crippen LogP contribution in [0.5, 0.6) is 0 Å². The zero-order valence-electron chi connectivity index (χ0n) is 5.89. The Kier molecular flexibility index (Phi) is 1.76. The Balaban J connectivity index is 2.16. The van der Waals surface area contributed by atoms with E-state index < -0.39 is 0 Å². The number of nitrogens with zero attached hydrogens (tertiary/aromatic N) is 2. The summed E-state index contributed by atoms with van der Waals surface area (Å²) in [4.78, 5) is 2.50. The van der Waals surface area contributed by atoms with Crippen molar-refractivity contribution in [1.82, 2.24) is 8.01 Å². The normalized spacial score (nSPS) is 24.7. The summed E-state index contributed by atoms with van der Waals surface area (Å²) >= 11 is 2.36. The fraction of sp³-hybridized carbons (Fsp3) is 0.714. The van der Waals surface area contributed by atoms with Crippen LogP contribution < -0.4 is 0 Å². The minimum Gasteiger partial charge on any atom is -0.372 e. The zero-order valence-corrected chi connectivity index (χ0v) is 8.04. The summed E-state index contributed by atoms with van der Waals surface area (Å²) in [5.41, 5.74) is 1.54. The van der Waals surface area contributed by atoms with Gasteiger partial charge in [0.25, 0.3) is 0 Å². The van der Waals surface area contributed by atoms with Crippen molar-refractivity contribution in [2.45, 2.75) is 12.8 Å². The third-order valence-corrected chi connectivity index (χ3v) is 2.90. The van der Waals surface area contributed by atoms with Gasteiger partial charge in [-0.2, -0.15) is 0 Å². The van der Waals surface area contributed by atoms with Gasteiger partial charge in [-0.1, -0.05) is 0 Å². The lowest BCUT2D eigenvalue weighted by Gasteiger charge is -2.28. The van der Waals surface area contributed by atoms with Gasteiger partial charge in [0.2, 0.25) is 0 Å². The third kappa shape index (κ3) is 1.11. The van der Waals surface area contributed by atoms with E-state index >= 15 is 0 Å². The Labute approximate surface area is 75.4 Å². The van der Waals surface area contributed by atoms with Gasteiger partial charge in [-0.25, -0.2) is 0 Å². The van der Waals surface area contributed by atoms with Crippen LogP contribution in [0.1, 0.15) is 12.8 Å². The highest BCUT2D eigenvalue weighted by Crippen LogP contribution is 2.25. The first-order valence-electron chi connectivity index (χ1n) is 3.74. The van der Waals surface area contributed by atoms with E-state index in [1.807, 2.05) is 0 Å². The van der Waals surface area contributed by atoms with Crippen molar-refractivity contribution < 1.29 is 0 Å². The number of hydrogen-bond donors (Lipinski definition) is 0. The van der Waals surface area contributed by atoms with E-state index in [2.05, 4.69) is 37.1 Å². The number of rotatable bonds is 0. The molecule has 10 heavy (non-hydrogen) atoms. The standard InChI is InChI=1S/C7H11IN2/c8-10-5-4-9-3-1-2-7(9)6-10/h6H,1-5H2. The summed E-state index contributed by atoms with van der Waals surface area (Å²) in [6, 6.07) is 0. The Hall–Kier alpha value is 0.0700. The fourth-order valence-electron chi connectivity index (χ4n) is 1.60. The van der Waals surface area contributed by atoms with Crippen LogP contribution in [-0.2, 0) is 0 Å². The molecule has 0 bridgehead atoms. The molecule has 0 amide bonds. The molecule has 0 saturated carbocycles. The molecule has 0 radical (unpaired) electrons. The van der Waals surface area contributed by atoms with Crippen molar-refractivity contribution in [2.75, 3.05) is 19.6 Å². The lowest BCUT2D eigenvalue weighted by molar-refractivity contribution is 0.344. The van der Waals surface area contributed by atoms with Gasteiger partial charge in [0.1, 0.15) is 0 Å². The average Bonchev–Trinajstić information content (AvgIpc) is 2.33. The number of fused-ring (bicyclic) bond motifs is 1. The van der Waals surface area contributed by atoms with Gasteiger partial charge in [-0.15, -0.1) is 0 Å². The van der Waals surface area contributed by atoms with Gasteiger partial charge >= 0.3 is 0 Å². The topological polar surface area (TPSA) is 6.48 Å². The molecule has 0 aliphatic carbocycles. The molecule has 0 unspecified atom stereocenters. The highest BCUT2D eigenvalue weighted by molar-refractivity contribution is 14.1. The summed E-state index contributed by atoms with van der Waals surface area (Å²) in [5, 5.41) is 0. The zero-order chi connectivity index (χ0) is 6.97. The van der Waals surface area contributed by atoms with Crippen LogP contribution in [0.25, 0.3) is 0 Å². The van der Waals surface area contributed by atoms with Crippen LogP contribution in [0.4, 0.5) is 0 Å². The van der Waals surface area contributed by atoms with Crippen molar-refractivity contribution in [3.63, 3.8) is 0 Å². The Bertz CT molecular complexity index is 167. The molecule has 0 aromatic heterocycles. The molecule has 0 aromatic rings. The fourth-order valence-corrected chi connectivity index (χ4v) is 2.13. The highest BCUT2D eigenvalue weighted by Gasteiger charge is 2.20. The molecule has 0 N–H and O–H groups in total. The summed E-state index contributed by atoms with van der Waals surface area (Å²) < 4.78 is 2.26. The SMILES string of the molecule is IN1C=C2CCCN2CC1. The Morgan fingerprint density at radius 1 is 1.30 bits per heavy atom. The van der Waals surface area contributed by atoms with E-state index in [9.17, 15) is 0 Å². The van der Waals surface area contributed by atoms with Gasteiger partial charge in [0.05, 0.1) is 22.9 Å². The third-order valence-electron chi connectivity index (χ3n) is 2.14. The number of allylic oxidation sites excluding steroid dienone is 1. The molecule has 0 atom stereocenters. The summed E-state index contributed by atoms with van der Waals surface area (Å²) in [7, 11) is 0. The molecular weight excluding hydrogens is 239 g/mol. The predicted octanol–water partition coefficient (Wildman–Crippen LogP) is 1.59. The minimum atomic E-state index is 1.18. The van der Waals surface area contributed by atoms with Crippen LogP contribution >= 0.6 is 22.9 Å². The van der Waals surface area contributed by atoms with Crippen LogP contribution in [-0.4, -0.2) is 27.6 Å². The van der Waals surface area contributed by atoms with E-state index in [4.69, 9.17) is 0 Å². The van der Waals surface area contributed by atoms with Gasteiger partial charge in [0, 0.05) is 31.5 Å². The molecule has 2 rings (SSSR count). The Morgan fingerprint density at radius 3 is 3.10 bits per heavy atom.